The second kappa shape index (κ2) is 7.33. The molecule has 20 heavy (non-hydrogen) atoms. The number of hydrogen-bond donors (Lipinski definition) is 2. The van der Waals surface area contributed by atoms with Gasteiger partial charge in [0.15, 0.2) is 5.11 Å². The molecule has 106 valence electrons. The Kier molecular flexibility index (Phi) is 5.46. The minimum atomic E-state index is 0.647. The molecule has 1 aromatic heterocycles. The van der Waals surface area contributed by atoms with E-state index in [4.69, 9.17) is 12.2 Å². The number of thiocarbonyl (C=S) groups is 1. The molecule has 4 nitrogen and oxygen atoms in total. The summed E-state index contributed by atoms with van der Waals surface area (Å²) in [7, 11) is 4.07. The van der Waals surface area contributed by atoms with Crippen molar-refractivity contribution in [3.63, 3.8) is 0 Å². The van der Waals surface area contributed by atoms with Gasteiger partial charge in [-0.3, -0.25) is 0 Å². The molecule has 0 amide bonds. The van der Waals surface area contributed by atoms with Gasteiger partial charge in [-0.1, -0.05) is 0 Å². The first kappa shape index (κ1) is 14.9. The van der Waals surface area contributed by atoms with Crippen LogP contribution in [-0.2, 0) is 0 Å². The average Bonchev–Trinajstić information content (AvgIpc) is 2.93. The molecule has 6 heteroatoms. The summed E-state index contributed by atoms with van der Waals surface area (Å²) in [5, 5.41) is 10.0. The Morgan fingerprint density at radius 2 is 2.05 bits per heavy atom. The predicted molar refractivity (Wildman–Crippen MR) is 90.3 cm³/mol. The first-order valence-corrected chi connectivity index (χ1v) is 7.63. The molecule has 0 radical (unpaired) electrons. The Hall–Kier alpha value is -1.50. The maximum Gasteiger partial charge on any atom is 0.170 e. The maximum absolute atomic E-state index is 5.25. The van der Waals surface area contributed by atoms with Crippen molar-refractivity contribution in [1.82, 2.24) is 15.2 Å². The van der Waals surface area contributed by atoms with Crippen LogP contribution in [0.4, 0.5) is 5.69 Å². The number of anilines is 1. The molecule has 0 saturated carbocycles. The summed E-state index contributed by atoms with van der Waals surface area (Å²) >= 11 is 6.88. The van der Waals surface area contributed by atoms with Crippen LogP contribution in [0.5, 0.6) is 0 Å². The molecule has 0 atom stereocenters. The fraction of sp³-hybridized carbons (Fsp3) is 0.286. The summed E-state index contributed by atoms with van der Waals surface area (Å²) in [6.45, 7) is 1.78. The van der Waals surface area contributed by atoms with Gasteiger partial charge in [0, 0.05) is 35.9 Å². The van der Waals surface area contributed by atoms with Crippen LogP contribution in [0.1, 0.15) is 0 Å². The highest BCUT2D eigenvalue weighted by atomic mass is 32.1. The number of thiazole rings is 1. The van der Waals surface area contributed by atoms with Crippen molar-refractivity contribution in [2.75, 3.05) is 32.5 Å². The van der Waals surface area contributed by atoms with E-state index in [1.165, 1.54) is 0 Å². The third-order valence-electron chi connectivity index (χ3n) is 2.67. The molecule has 0 aliphatic rings. The van der Waals surface area contributed by atoms with Crippen molar-refractivity contribution in [1.29, 1.82) is 0 Å². The van der Waals surface area contributed by atoms with E-state index in [9.17, 15) is 0 Å². The Balaban J connectivity index is 1.86. The Bertz CT molecular complexity index is 535. The van der Waals surface area contributed by atoms with E-state index >= 15 is 0 Å². The monoisotopic (exact) mass is 306 g/mol. The molecule has 1 aromatic carbocycles. The molecule has 0 fully saturated rings. The van der Waals surface area contributed by atoms with Crippen molar-refractivity contribution < 1.29 is 0 Å². The van der Waals surface area contributed by atoms with Crippen molar-refractivity contribution in [2.45, 2.75) is 0 Å². The summed E-state index contributed by atoms with van der Waals surface area (Å²) < 4.78 is 0. The molecule has 0 bridgehead atoms. The van der Waals surface area contributed by atoms with E-state index in [0.717, 1.165) is 29.3 Å². The standard InChI is InChI=1S/C14H18N4S2/c1-18(2)9-7-16-14(19)17-12-5-3-11(4-6-12)13-15-8-10-20-13/h3-6,8,10H,7,9H2,1-2H3,(H2,16,17,19). The lowest BCUT2D eigenvalue weighted by Gasteiger charge is -2.13. The average molecular weight is 306 g/mol. The molecule has 0 unspecified atom stereocenters. The Morgan fingerprint density at radius 1 is 1.30 bits per heavy atom. The zero-order valence-electron chi connectivity index (χ0n) is 11.6. The summed E-state index contributed by atoms with van der Waals surface area (Å²) in [4.78, 5) is 6.40. The van der Waals surface area contributed by atoms with Crippen LogP contribution in [-0.4, -0.2) is 42.2 Å². The van der Waals surface area contributed by atoms with Crippen LogP contribution in [0, 0.1) is 0 Å². The van der Waals surface area contributed by atoms with E-state index in [2.05, 4.69) is 20.5 Å². The van der Waals surface area contributed by atoms with Crippen LogP contribution < -0.4 is 10.6 Å². The van der Waals surface area contributed by atoms with E-state index in [-0.39, 0.29) is 0 Å². The SMILES string of the molecule is CN(C)CCNC(=S)Nc1ccc(-c2nccs2)cc1. The second-order valence-corrected chi connectivity index (χ2v) is 5.90. The number of aromatic nitrogens is 1. The lowest BCUT2D eigenvalue weighted by molar-refractivity contribution is 0.413. The molecule has 1 heterocycles. The van der Waals surface area contributed by atoms with Gasteiger partial charge >= 0.3 is 0 Å². The zero-order valence-corrected chi connectivity index (χ0v) is 13.2. The van der Waals surface area contributed by atoms with Crippen molar-refractivity contribution >= 4 is 34.4 Å². The second-order valence-electron chi connectivity index (χ2n) is 4.60. The van der Waals surface area contributed by atoms with Gasteiger partial charge in [-0.25, -0.2) is 4.98 Å². The van der Waals surface area contributed by atoms with Gasteiger partial charge in [-0.05, 0) is 50.6 Å². The fourth-order valence-electron chi connectivity index (χ4n) is 1.63. The molecule has 0 saturated heterocycles. The highest BCUT2D eigenvalue weighted by Gasteiger charge is 2.01. The van der Waals surface area contributed by atoms with Gasteiger partial charge in [0.25, 0.3) is 0 Å². The summed E-state index contributed by atoms with van der Waals surface area (Å²) in [5.74, 6) is 0. The van der Waals surface area contributed by atoms with E-state index in [1.54, 1.807) is 11.3 Å². The molecular weight excluding hydrogens is 288 g/mol. The maximum atomic E-state index is 5.25. The third kappa shape index (κ3) is 4.56. The van der Waals surface area contributed by atoms with Gasteiger partial charge < -0.3 is 15.5 Å². The Morgan fingerprint density at radius 3 is 2.65 bits per heavy atom. The first-order valence-electron chi connectivity index (χ1n) is 6.34. The quantitative estimate of drug-likeness (QED) is 0.831. The summed E-state index contributed by atoms with van der Waals surface area (Å²) in [5.41, 5.74) is 2.10. The van der Waals surface area contributed by atoms with Gasteiger partial charge in [-0.2, -0.15) is 0 Å². The van der Waals surface area contributed by atoms with Crippen LogP contribution >= 0.6 is 23.6 Å². The summed E-state index contributed by atoms with van der Waals surface area (Å²) in [6.07, 6.45) is 1.82. The van der Waals surface area contributed by atoms with Gasteiger partial charge in [-0.15, -0.1) is 11.3 Å². The molecule has 2 N–H and O–H groups in total. The van der Waals surface area contributed by atoms with E-state index in [0.29, 0.717) is 5.11 Å². The number of nitrogens with one attached hydrogen (secondary N) is 2. The highest BCUT2D eigenvalue weighted by Crippen LogP contribution is 2.23. The molecule has 0 aliphatic carbocycles. The Labute approximate surface area is 128 Å². The van der Waals surface area contributed by atoms with Crippen LogP contribution in [0.2, 0.25) is 0 Å². The number of nitrogens with zero attached hydrogens (tertiary/aromatic N) is 2. The van der Waals surface area contributed by atoms with E-state index in [1.807, 2.05) is 49.9 Å². The number of rotatable bonds is 5. The third-order valence-corrected chi connectivity index (χ3v) is 3.74. The molecule has 2 rings (SSSR count). The molecule has 0 spiro atoms. The van der Waals surface area contributed by atoms with Crippen molar-refractivity contribution in [2.24, 2.45) is 0 Å². The zero-order chi connectivity index (χ0) is 14.4. The lowest BCUT2D eigenvalue weighted by Crippen LogP contribution is -2.34. The smallest absolute Gasteiger partial charge is 0.170 e. The topological polar surface area (TPSA) is 40.2 Å². The lowest BCUT2D eigenvalue weighted by atomic mass is 10.2. The van der Waals surface area contributed by atoms with E-state index < -0.39 is 0 Å². The normalized spacial score (nSPS) is 10.6. The number of hydrogen-bond acceptors (Lipinski definition) is 4. The van der Waals surface area contributed by atoms with Gasteiger partial charge in [0.2, 0.25) is 0 Å². The molecular formula is C14H18N4S2. The fourth-order valence-corrected chi connectivity index (χ4v) is 2.49. The highest BCUT2D eigenvalue weighted by molar-refractivity contribution is 7.80. The number of benzene rings is 1. The summed E-state index contributed by atoms with van der Waals surface area (Å²) in [6, 6.07) is 8.11. The number of likely N-dealkylation sites (N-methyl/N-ethyl adjacent to an activating group) is 1. The van der Waals surface area contributed by atoms with Crippen molar-refractivity contribution in [3.05, 3.63) is 35.8 Å². The predicted octanol–water partition coefficient (Wildman–Crippen LogP) is 2.66. The van der Waals surface area contributed by atoms with Crippen LogP contribution in [0.25, 0.3) is 10.6 Å². The first-order chi connectivity index (χ1) is 9.65. The van der Waals surface area contributed by atoms with Gasteiger partial charge in [0.05, 0.1) is 0 Å². The minimum Gasteiger partial charge on any atom is -0.361 e. The van der Waals surface area contributed by atoms with Crippen LogP contribution in [0.3, 0.4) is 0 Å². The van der Waals surface area contributed by atoms with Crippen molar-refractivity contribution in [3.8, 4) is 10.6 Å². The van der Waals surface area contributed by atoms with Gasteiger partial charge in [0.1, 0.15) is 5.01 Å². The molecule has 2 aromatic rings. The van der Waals surface area contributed by atoms with Crippen LogP contribution in [0.15, 0.2) is 35.8 Å². The minimum absolute atomic E-state index is 0.647. The molecule has 0 aliphatic heterocycles. The largest absolute Gasteiger partial charge is 0.361 e.